The van der Waals surface area contributed by atoms with Crippen LogP contribution in [0.2, 0.25) is 0 Å². The molecule has 0 spiro atoms. The Morgan fingerprint density at radius 1 is 0.652 bits per heavy atom. The van der Waals surface area contributed by atoms with Crippen LogP contribution in [-0.2, 0) is 4.57 Å². The Hall–Kier alpha value is -2.39. The topological polar surface area (TPSA) is 66.8 Å². The molecule has 0 heterocycles. The fraction of sp³-hybridized carbons (Fsp3) is 0. The van der Waals surface area contributed by atoms with E-state index in [2.05, 4.69) is 0 Å². The van der Waals surface area contributed by atoms with Gasteiger partial charge in [-0.1, -0.05) is 72.8 Å². The highest BCUT2D eigenvalue weighted by atomic mass is 31.2. The molecule has 3 aromatic rings. The van der Waals surface area contributed by atoms with Crippen molar-refractivity contribution in [1.82, 2.24) is 0 Å². The van der Waals surface area contributed by atoms with Crippen molar-refractivity contribution >= 4 is 7.82 Å². The molecule has 23 heavy (non-hydrogen) atoms. The largest absolute Gasteiger partial charge is 0.524 e. The monoisotopic (exact) mass is 326 g/mol. The molecular formula is C18H15O4P. The van der Waals surface area contributed by atoms with E-state index in [1.165, 1.54) is 0 Å². The molecule has 2 N–H and O–H groups in total. The molecule has 0 aliphatic rings. The van der Waals surface area contributed by atoms with E-state index in [0.717, 1.165) is 16.7 Å². The molecule has 0 aliphatic heterocycles. The van der Waals surface area contributed by atoms with Crippen molar-refractivity contribution in [3.05, 3.63) is 78.9 Å². The van der Waals surface area contributed by atoms with E-state index in [1.54, 1.807) is 18.2 Å². The van der Waals surface area contributed by atoms with Gasteiger partial charge in [0.15, 0.2) is 0 Å². The van der Waals surface area contributed by atoms with Crippen LogP contribution in [0.25, 0.3) is 22.3 Å². The van der Waals surface area contributed by atoms with E-state index in [4.69, 9.17) is 14.3 Å². The summed E-state index contributed by atoms with van der Waals surface area (Å²) < 4.78 is 16.1. The van der Waals surface area contributed by atoms with E-state index in [1.807, 2.05) is 60.7 Å². The van der Waals surface area contributed by atoms with Crippen LogP contribution < -0.4 is 4.52 Å². The highest BCUT2D eigenvalue weighted by Gasteiger charge is 2.19. The number of rotatable bonds is 4. The van der Waals surface area contributed by atoms with Crippen LogP contribution in [0.4, 0.5) is 0 Å². The molecule has 0 fully saturated rings. The van der Waals surface area contributed by atoms with Gasteiger partial charge in [-0.3, -0.25) is 9.79 Å². The van der Waals surface area contributed by atoms with Gasteiger partial charge >= 0.3 is 7.82 Å². The van der Waals surface area contributed by atoms with Crippen molar-refractivity contribution in [2.45, 2.75) is 0 Å². The molecule has 116 valence electrons. The van der Waals surface area contributed by atoms with Gasteiger partial charge in [0.1, 0.15) is 5.75 Å². The Morgan fingerprint density at radius 3 is 1.83 bits per heavy atom. The molecule has 0 aromatic heterocycles. The van der Waals surface area contributed by atoms with Crippen molar-refractivity contribution in [1.29, 1.82) is 0 Å². The third-order valence-electron chi connectivity index (χ3n) is 3.41. The first-order valence-corrected chi connectivity index (χ1v) is 8.56. The highest BCUT2D eigenvalue weighted by Crippen LogP contribution is 2.44. The van der Waals surface area contributed by atoms with E-state index >= 15 is 0 Å². The highest BCUT2D eigenvalue weighted by molar-refractivity contribution is 7.46. The molecule has 0 unspecified atom stereocenters. The maximum Gasteiger partial charge on any atom is 0.524 e. The molecule has 4 nitrogen and oxygen atoms in total. The lowest BCUT2D eigenvalue weighted by Crippen LogP contribution is -1.93. The summed E-state index contributed by atoms with van der Waals surface area (Å²) in [5.74, 6) is 0.157. The third-order valence-corrected chi connectivity index (χ3v) is 3.84. The summed E-state index contributed by atoms with van der Waals surface area (Å²) in [5.41, 5.74) is 3.47. The molecule has 0 radical (unpaired) electrons. The average Bonchev–Trinajstić information content (AvgIpc) is 2.55. The fourth-order valence-corrected chi connectivity index (χ4v) is 2.90. The van der Waals surface area contributed by atoms with Gasteiger partial charge in [-0.15, -0.1) is 0 Å². The molecule has 0 atom stereocenters. The average molecular weight is 326 g/mol. The van der Waals surface area contributed by atoms with Crippen molar-refractivity contribution in [2.24, 2.45) is 0 Å². The van der Waals surface area contributed by atoms with Crippen LogP contribution in [0.1, 0.15) is 0 Å². The molecule has 5 heteroatoms. The molecule has 0 aliphatic carbocycles. The Balaban J connectivity index is 2.16. The van der Waals surface area contributed by atoms with Crippen LogP contribution in [0.5, 0.6) is 5.75 Å². The summed E-state index contributed by atoms with van der Waals surface area (Å²) in [6, 6.07) is 24.3. The zero-order valence-corrected chi connectivity index (χ0v) is 13.1. The lowest BCUT2D eigenvalue weighted by molar-refractivity contribution is 0.283. The quantitative estimate of drug-likeness (QED) is 0.693. The summed E-state index contributed by atoms with van der Waals surface area (Å²) in [6.45, 7) is 0. The number of benzene rings is 3. The minimum Gasteiger partial charge on any atom is -0.404 e. The van der Waals surface area contributed by atoms with Gasteiger partial charge in [0.2, 0.25) is 0 Å². The first kappa shape index (κ1) is 15.5. The normalized spacial score (nSPS) is 11.2. The Morgan fingerprint density at radius 2 is 1.17 bits per heavy atom. The molecule has 0 amide bonds. The van der Waals surface area contributed by atoms with E-state index in [-0.39, 0.29) is 5.75 Å². The van der Waals surface area contributed by atoms with Gasteiger partial charge < -0.3 is 4.52 Å². The predicted molar refractivity (Wildman–Crippen MR) is 90.0 cm³/mol. The lowest BCUT2D eigenvalue weighted by Gasteiger charge is -2.15. The Bertz CT molecular complexity index is 856. The number of hydrogen-bond acceptors (Lipinski definition) is 2. The first-order valence-electron chi connectivity index (χ1n) is 7.03. The van der Waals surface area contributed by atoms with E-state index in [9.17, 15) is 4.57 Å². The number of hydrogen-bond donors (Lipinski definition) is 2. The zero-order valence-electron chi connectivity index (χ0n) is 12.2. The van der Waals surface area contributed by atoms with Crippen LogP contribution in [-0.4, -0.2) is 9.79 Å². The maximum atomic E-state index is 11.2. The molecule has 0 bridgehead atoms. The second kappa shape index (κ2) is 6.39. The molecule has 0 saturated carbocycles. The van der Waals surface area contributed by atoms with Gasteiger partial charge in [0, 0.05) is 5.56 Å². The molecule has 3 rings (SSSR count). The fourth-order valence-electron chi connectivity index (χ4n) is 2.48. The Labute approximate surface area is 134 Å². The molecule has 0 saturated heterocycles. The summed E-state index contributed by atoms with van der Waals surface area (Å²) in [7, 11) is -4.62. The van der Waals surface area contributed by atoms with Gasteiger partial charge in [-0.2, -0.15) is 0 Å². The molecule has 3 aromatic carbocycles. The van der Waals surface area contributed by atoms with Crippen molar-refractivity contribution < 1.29 is 18.9 Å². The second-order valence-electron chi connectivity index (χ2n) is 4.99. The predicted octanol–water partition coefficient (Wildman–Crippen LogP) is 4.49. The summed E-state index contributed by atoms with van der Waals surface area (Å²) in [6.07, 6.45) is 0. The van der Waals surface area contributed by atoms with Gasteiger partial charge in [-0.25, -0.2) is 4.57 Å². The maximum absolute atomic E-state index is 11.2. The lowest BCUT2D eigenvalue weighted by atomic mass is 9.94. The number of phosphoric ester groups is 1. The number of para-hydroxylation sites is 1. The van der Waals surface area contributed by atoms with Crippen molar-refractivity contribution in [3.63, 3.8) is 0 Å². The zero-order chi connectivity index (χ0) is 16.3. The van der Waals surface area contributed by atoms with Crippen LogP contribution in [0.15, 0.2) is 78.9 Å². The minimum atomic E-state index is -4.62. The standard InChI is InChI=1S/C18H15O4P/c19-23(20,21)22-18-13-7-6-12-17(18)16-11-5-4-10-15(16)14-8-2-1-3-9-14/h1-13H,(H2,19,20,21). The smallest absolute Gasteiger partial charge is 0.404 e. The third kappa shape index (κ3) is 3.69. The Kier molecular flexibility index (Phi) is 4.30. The van der Waals surface area contributed by atoms with Crippen LogP contribution >= 0.6 is 7.82 Å². The second-order valence-corrected chi connectivity index (χ2v) is 6.15. The van der Waals surface area contributed by atoms with Crippen molar-refractivity contribution in [2.75, 3.05) is 0 Å². The van der Waals surface area contributed by atoms with Crippen molar-refractivity contribution in [3.8, 4) is 28.0 Å². The molecular weight excluding hydrogens is 311 g/mol. The van der Waals surface area contributed by atoms with Gasteiger partial charge in [-0.05, 0) is 22.8 Å². The minimum absolute atomic E-state index is 0.157. The van der Waals surface area contributed by atoms with Crippen LogP contribution in [0.3, 0.4) is 0 Å². The van der Waals surface area contributed by atoms with Crippen LogP contribution in [0, 0.1) is 0 Å². The summed E-state index contributed by atoms with van der Waals surface area (Å²) in [4.78, 5) is 18.2. The number of phosphoric acid groups is 1. The van der Waals surface area contributed by atoms with Gasteiger partial charge in [0.05, 0.1) is 0 Å². The SMILES string of the molecule is O=P(O)(O)Oc1ccccc1-c1ccccc1-c1ccccc1. The van der Waals surface area contributed by atoms with E-state index in [0.29, 0.717) is 5.56 Å². The van der Waals surface area contributed by atoms with Gasteiger partial charge in [0.25, 0.3) is 0 Å². The van der Waals surface area contributed by atoms with E-state index < -0.39 is 7.82 Å². The summed E-state index contributed by atoms with van der Waals surface area (Å²) >= 11 is 0. The first-order chi connectivity index (χ1) is 11.0. The summed E-state index contributed by atoms with van der Waals surface area (Å²) in [5, 5.41) is 0.